The van der Waals surface area contributed by atoms with E-state index < -0.39 is 0 Å². The van der Waals surface area contributed by atoms with E-state index in [0.29, 0.717) is 25.5 Å². The van der Waals surface area contributed by atoms with Crippen molar-refractivity contribution in [2.24, 2.45) is 5.92 Å². The molecule has 0 radical (unpaired) electrons. The number of rotatable bonds is 6. The van der Waals surface area contributed by atoms with Crippen LogP contribution < -0.4 is 4.74 Å². The van der Waals surface area contributed by atoms with E-state index in [9.17, 15) is 4.79 Å². The van der Waals surface area contributed by atoms with Crippen LogP contribution in [0.2, 0.25) is 0 Å². The number of amides is 1. The van der Waals surface area contributed by atoms with Gasteiger partial charge in [-0.1, -0.05) is 17.7 Å². The minimum Gasteiger partial charge on any atom is -0.493 e. The fraction of sp³-hybridized carbons (Fsp3) is 0.500. The lowest BCUT2D eigenvalue weighted by molar-refractivity contribution is -0.133. The molecule has 1 amide bonds. The van der Waals surface area contributed by atoms with Crippen LogP contribution in [0.15, 0.2) is 36.9 Å². The molecule has 24 heavy (non-hydrogen) atoms. The van der Waals surface area contributed by atoms with Crippen molar-refractivity contribution < 1.29 is 9.53 Å². The third-order valence-electron chi connectivity index (χ3n) is 4.43. The quantitative estimate of drug-likeness (QED) is 0.816. The third-order valence-corrected chi connectivity index (χ3v) is 4.43. The Balaban J connectivity index is 1.45. The number of likely N-dealkylation sites (tertiary alicyclic amines) is 1. The van der Waals surface area contributed by atoms with E-state index in [2.05, 4.69) is 29.3 Å². The normalized spacial score (nSPS) is 17.7. The molecular weight excluding hydrogens is 304 g/mol. The van der Waals surface area contributed by atoms with Gasteiger partial charge >= 0.3 is 0 Å². The SMILES string of the molecule is Cc1ccc(OCC2CCCN(C(=O)CCn3cnnc3)C2)cc1. The van der Waals surface area contributed by atoms with Gasteiger partial charge in [-0.05, 0) is 31.9 Å². The molecule has 0 bridgehead atoms. The van der Waals surface area contributed by atoms with Gasteiger partial charge in [-0.25, -0.2) is 0 Å². The monoisotopic (exact) mass is 328 g/mol. The summed E-state index contributed by atoms with van der Waals surface area (Å²) in [5.41, 5.74) is 1.23. The van der Waals surface area contributed by atoms with Crippen LogP contribution in [0, 0.1) is 12.8 Å². The van der Waals surface area contributed by atoms with Crippen molar-refractivity contribution in [3.63, 3.8) is 0 Å². The smallest absolute Gasteiger partial charge is 0.224 e. The van der Waals surface area contributed by atoms with E-state index in [4.69, 9.17) is 4.74 Å². The first-order valence-corrected chi connectivity index (χ1v) is 8.50. The van der Waals surface area contributed by atoms with Gasteiger partial charge in [0.1, 0.15) is 18.4 Å². The molecule has 1 atom stereocenters. The zero-order valence-electron chi connectivity index (χ0n) is 14.1. The van der Waals surface area contributed by atoms with Gasteiger partial charge < -0.3 is 14.2 Å². The summed E-state index contributed by atoms with van der Waals surface area (Å²) in [7, 11) is 0. The van der Waals surface area contributed by atoms with Crippen LogP contribution in [0.25, 0.3) is 0 Å². The summed E-state index contributed by atoms with van der Waals surface area (Å²) in [6, 6.07) is 8.11. The first-order chi connectivity index (χ1) is 11.7. The van der Waals surface area contributed by atoms with Crippen LogP contribution in [-0.4, -0.2) is 45.3 Å². The maximum Gasteiger partial charge on any atom is 0.224 e. The van der Waals surface area contributed by atoms with Crippen molar-refractivity contribution in [3.8, 4) is 5.75 Å². The number of carbonyl (C=O) groups is 1. The number of hydrogen-bond donors (Lipinski definition) is 0. The Kier molecular flexibility index (Phi) is 5.46. The Labute approximate surface area is 142 Å². The largest absolute Gasteiger partial charge is 0.493 e. The minimum atomic E-state index is 0.198. The Morgan fingerprint density at radius 2 is 2.00 bits per heavy atom. The number of benzene rings is 1. The zero-order chi connectivity index (χ0) is 16.8. The summed E-state index contributed by atoms with van der Waals surface area (Å²) in [5, 5.41) is 7.51. The molecule has 0 saturated carbocycles. The fourth-order valence-corrected chi connectivity index (χ4v) is 3.00. The number of nitrogens with zero attached hydrogens (tertiary/aromatic N) is 4. The summed E-state index contributed by atoms with van der Waals surface area (Å²) >= 11 is 0. The second kappa shape index (κ2) is 7.95. The molecule has 0 N–H and O–H groups in total. The summed E-state index contributed by atoms with van der Waals surface area (Å²) in [6.07, 6.45) is 5.92. The Morgan fingerprint density at radius 3 is 2.75 bits per heavy atom. The van der Waals surface area contributed by atoms with Gasteiger partial charge in [-0.2, -0.15) is 0 Å². The molecule has 1 unspecified atom stereocenters. The van der Waals surface area contributed by atoms with Gasteiger partial charge in [0.2, 0.25) is 5.91 Å². The molecule has 3 rings (SSSR count). The predicted molar refractivity (Wildman–Crippen MR) is 90.6 cm³/mol. The average molecular weight is 328 g/mol. The molecule has 0 spiro atoms. The topological polar surface area (TPSA) is 60.2 Å². The fourth-order valence-electron chi connectivity index (χ4n) is 3.00. The van der Waals surface area contributed by atoms with Gasteiger partial charge in [0.25, 0.3) is 0 Å². The van der Waals surface area contributed by atoms with Crippen LogP contribution >= 0.6 is 0 Å². The number of hydrogen-bond acceptors (Lipinski definition) is 4. The van der Waals surface area contributed by atoms with Crippen molar-refractivity contribution in [3.05, 3.63) is 42.5 Å². The Hall–Kier alpha value is -2.37. The average Bonchev–Trinajstić information content (AvgIpc) is 3.13. The summed E-state index contributed by atoms with van der Waals surface area (Å²) in [4.78, 5) is 14.4. The maximum absolute atomic E-state index is 12.4. The van der Waals surface area contributed by atoms with Gasteiger partial charge in [-0.3, -0.25) is 4.79 Å². The van der Waals surface area contributed by atoms with E-state index in [0.717, 1.165) is 31.7 Å². The number of carbonyl (C=O) groups excluding carboxylic acids is 1. The third kappa shape index (κ3) is 4.57. The first-order valence-electron chi connectivity index (χ1n) is 8.50. The van der Waals surface area contributed by atoms with Gasteiger partial charge in [0.05, 0.1) is 6.61 Å². The van der Waals surface area contributed by atoms with Gasteiger partial charge in [-0.15, -0.1) is 10.2 Å². The maximum atomic E-state index is 12.4. The second-order valence-corrected chi connectivity index (χ2v) is 6.42. The highest BCUT2D eigenvalue weighted by molar-refractivity contribution is 5.76. The molecular formula is C18H24N4O2. The van der Waals surface area contributed by atoms with Crippen molar-refractivity contribution in [1.82, 2.24) is 19.7 Å². The molecule has 2 heterocycles. The number of aryl methyl sites for hydroxylation is 2. The highest BCUT2D eigenvalue weighted by Crippen LogP contribution is 2.20. The Morgan fingerprint density at radius 1 is 1.25 bits per heavy atom. The van der Waals surface area contributed by atoms with E-state index in [1.807, 2.05) is 21.6 Å². The van der Waals surface area contributed by atoms with E-state index in [-0.39, 0.29) is 5.91 Å². The molecule has 1 aliphatic heterocycles. The molecule has 6 heteroatoms. The molecule has 1 aliphatic rings. The molecule has 6 nitrogen and oxygen atoms in total. The highest BCUT2D eigenvalue weighted by Gasteiger charge is 2.23. The van der Waals surface area contributed by atoms with Gasteiger partial charge in [0, 0.05) is 32.0 Å². The molecule has 1 fully saturated rings. The molecule has 1 aromatic carbocycles. The van der Waals surface area contributed by atoms with Crippen molar-refractivity contribution in [1.29, 1.82) is 0 Å². The Bertz CT molecular complexity index is 640. The number of aromatic nitrogens is 3. The lowest BCUT2D eigenvalue weighted by Crippen LogP contribution is -2.41. The van der Waals surface area contributed by atoms with E-state index in [1.54, 1.807) is 12.7 Å². The summed E-state index contributed by atoms with van der Waals surface area (Å²) in [6.45, 7) is 4.99. The highest BCUT2D eigenvalue weighted by atomic mass is 16.5. The number of ether oxygens (including phenoxy) is 1. The second-order valence-electron chi connectivity index (χ2n) is 6.42. The first kappa shape index (κ1) is 16.5. The van der Waals surface area contributed by atoms with E-state index in [1.165, 1.54) is 5.56 Å². The van der Waals surface area contributed by atoms with Gasteiger partial charge in [0.15, 0.2) is 0 Å². The van der Waals surface area contributed by atoms with Crippen molar-refractivity contribution in [2.45, 2.75) is 32.7 Å². The lowest BCUT2D eigenvalue weighted by Gasteiger charge is -2.32. The van der Waals surface area contributed by atoms with Crippen LogP contribution in [0.5, 0.6) is 5.75 Å². The molecule has 0 aliphatic carbocycles. The van der Waals surface area contributed by atoms with Crippen molar-refractivity contribution >= 4 is 5.91 Å². The van der Waals surface area contributed by atoms with Crippen LogP contribution in [0.3, 0.4) is 0 Å². The standard InChI is InChI=1S/C18H24N4O2/c1-15-4-6-17(7-5-15)24-12-16-3-2-9-22(11-16)18(23)8-10-21-13-19-20-14-21/h4-7,13-14,16H,2-3,8-12H2,1H3. The molecule has 1 aromatic heterocycles. The van der Waals surface area contributed by atoms with E-state index >= 15 is 0 Å². The van der Waals surface area contributed by atoms with Crippen LogP contribution in [0.4, 0.5) is 0 Å². The summed E-state index contributed by atoms with van der Waals surface area (Å²) < 4.78 is 7.72. The van der Waals surface area contributed by atoms with Crippen LogP contribution in [-0.2, 0) is 11.3 Å². The van der Waals surface area contributed by atoms with Crippen LogP contribution in [0.1, 0.15) is 24.8 Å². The minimum absolute atomic E-state index is 0.198. The number of piperidine rings is 1. The predicted octanol–water partition coefficient (Wildman–Crippen LogP) is 2.29. The molecule has 128 valence electrons. The van der Waals surface area contributed by atoms with Crippen molar-refractivity contribution in [2.75, 3.05) is 19.7 Å². The lowest BCUT2D eigenvalue weighted by atomic mass is 9.98. The molecule has 1 saturated heterocycles. The zero-order valence-corrected chi connectivity index (χ0v) is 14.1. The molecule has 2 aromatic rings. The summed E-state index contributed by atoms with van der Waals surface area (Å²) in [5.74, 6) is 1.50.